The predicted octanol–water partition coefficient (Wildman–Crippen LogP) is 3.66. The summed E-state index contributed by atoms with van der Waals surface area (Å²) in [6.07, 6.45) is 0.296. The van der Waals surface area contributed by atoms with Crippen molar-refractivity contribution in [3.8, 4) is 28.0 Å². The Bertz CT molecular complexity index is 1220. The minimum absolute atomic E-state index is 0.0232. The highest BCUT2D eigenvalue weighted by atomic mass is 32.2. The van der Waals surface area contributed by atoms with Crippen LogP contribution in [0, 0.1) is 5.82 Å². The van der Waals surface area contributed by atoms with Crippen molar-refractivity contribution >= 4 is 27.3 Å². The predicted molar refractivity (Wildman–Crippen MR) is 116 cm³/mol. The van der Waals surface area contributed by atoms with Gasteiger partial charge in [0.25, 0.3) is 0 Å². The zero-order chi connectivity index (χ0) is 22.8. The summed E-state index contributed by atoms with van der Waals surface area (Å²) in [7, 11) is -1.41. The molecule has 0 spiro atoms. The topological polar surface area (TPSA) is 110 Å². The van der Waals surface area contributed by atoms with Gasteiger partial charge in [0, 0.05) is 35.0 Å². The van der Waals surface area contributed by atoms with Gasteiger partial charge < -0.3 is 4.74 Å². The Hall–Kier alpha value is -2.79. The molecule has 1 heterocycles. The number of hydroxylamine groups is 2. The van der Waals surface area contributed by atoms with Crippen LogP contribution in [0.4, 0.5) is 4.39 Å². The van der Waals surface area contributed by atoms with E-state index in [0.717, 1.165) is 4.88 Å². The number of thiophene rings is 1. The number of ether oxygens (including phenoxy) is 1. The van der Waals surface area contributed by atoms with E-state index in [1.165, 1.54) is 43.7 Å². The monoisotopic (exact) mass is 464 g/mol. The number of carbonyl (C=O) groups is 1. The van der Waals surface area contributed by atoms with Gasteiger partial charge in [-0.1, -0.05) is 24.3 Å². The van der Waals surface area contributed by atoms with Crippen molar-refractivity contribution in [3.05, 3.63) is 58.5 Å². The molecular weight excluding hydrogens is 443 g/mol. The van der Waals surface area contributed by atoms with Crippen molar-refractivity contribution < 1.29 is 27.5 Å². The van der Waals surface area contributed by atoms with Crippen molar-refractivity contribution in [1.29, 1.82) is 0 Å². The molecule has 10 heteroatoms. The average molecular weight is 465 g/mol. The molecule has 1 aromatic heterocycles. The maximum Gasteiger partial charge on any atom is 0.246 e. The van der Waals surface area contributed by atoms with E-state index in [1.54, 1.807) is 29.6 Å². The second kappa shape index (κ2) is 9.15. The summed E-state index contributed by atoms with van der Waals surface area (Å²) in [5, 5.41) is 17.0. The third-order valence-electron chi connectivity index (χ3n) is 4.72. The Balaban J connectivity index is 2.20. The van der Waals surface area contributed by atoms with E-state index in [9.17, 15) is 22.8 Å². The molecule has 0 saturated heterocycles. The van der Waals surface area contributed by atoms with Gasteiger partial charge in [0.15, 0.2) is 11.6 Å². The van der Waals surface area contributed by atoms with E-state index in [4.69, 9.17) is 9.88 Å². The molecule has 3 rings (SSSR count). The fourth-order valence-electron chi connectivity index (χ4n) is 3.24. The molecule has 3 N–H and O–H groups in total. The van der Waals surface area contributed by atoms with Gasteiger partial charge in [0.2, 0.25) is 15.9 Å². The molecule has 0 atom stereocenters. The highest BCUT2D eigenvalue weighted by Crippen LogP contribution is 2.42. The number of benzene rings is 2. The van der Waals surface area contributed by atoms with Gasteiger partial charge in [0.05, 0.1) is 12.0 Å². The molecule has 0 fully saturated rings. The highest BCUT2D eigenvalue weighted by molar-refractivity contribution is 7.89. The second-order valence-corrected chi connectivity index (χ2v) is 9.25. The molecule has 0 bridgehead atoms. The van der Waals surface area contributed by atoms with Crippen molar-refractivity contribution in [2.24, 2.45) is 5.14 Å². The van der Waals surface area contributed by atoms with Gasteiger partial charge >= 0.3 is 0 Å². The number of primary sulfonamides is 1. The number of aryl methyl sites for hydroxylation is 1. The van der Waals surface area contributed by atoms with E-state index >= 15 is 0 Å². The van der Waals surface area contributed by atoms with Crippen LogP contribution in [0.1, 0.15) is 11.3 Å². The summed E-state index contributed by atoms with van der Waals surface area (Å²) in [6, 6.07) is 10.7. The van der Waals surface area contributed by atoms with E-state index < -0.39 is 21.7 Å². The number of rotatable bonds is 7. The Morgan fingerprint density at radius 2 is 1.94 bits per heavy atom. The number of sulfonamides is 1. The SMILES string of the molecule is COc1ccc(-c2c(-c3ccccc3S(N)(=O)=O)csc2CCC(=O)N(C)O)cc1F. The fourth-order valence-corrected chi connectivity index (χ4v) is 5.06. The second-order valence-electron chi connectivity index (χ2n) is 6.76. The first-order valence-electron chi connectivity index (χ1n) is 9.15. The third kappa shape index (κ3) is 4.93. The minimum Gasteiger partial charge on any atom is -0.494 e. The fraction of sp³-hybridized carbons (Fsp3) is 0.190. The molecule has 164 valence electrons. The van der Waals surface area contributed by atoms with Crippen LogP contribution < -0.4 is 9.88 Å². The molecule has 31 heavy (non-hydrogen) atoms. The van der Waals surface area contributed by atoms with Crippen LogP contribution in [0.2, 0.25) is 0 Å². The largest absolute Gasteiger partial charge is 0.494 e. The first kappa shape index (κ1) is 22.9. The molecule has 0 aliphatic carbocycles. The van der Waals surface area contributed by atoms with Crippen LogP contribution >= 0.6 is 11.3 Å². The molecule has 0 saturated carbocycles. The van der Waals surface area contributed by atoms with Gasteiger partial charge in [-0.3, -0.25) is 10.0 Å². The summed E-state index contributed by atoms with van der Waals surface area (Å²) >= 11 is 1.31. The Kier molecular flexibility index (Phi) is 6.75. The molecule has 7 nitrogen and oxygen atoms in total. The molecule has 0 aliphatic heterocycles. The van der Waals surface area contributed by atoms with Crippen molar-refractivity contribution in [1.82, 2.24) is 5.06 Å². The lowest BCUT2D eigenvalue weighted by Crippen LogP contribution is -2.22. The summed E-state index contributed by atoms with van der Waals surface area (Å²) in [5.41, 5.74) is 2.03. The van der Waals surface area contributed by atoms with Gasteiger partial charge in [-0.2, -0.15) is 0 Å². The highest BCUT2D eigenvalue weighted by Gasteiger charge is 2.22. The van der Waals surface area contributed by atoms with Crippen LogP contribution in [0.25, 0.3) is 22.3 Å². The van der Waals surface area contributed by atoms with Crippen LogP contribution in [0.3, 0.4) is 0 Å². The van der Waals surface area contributed by atoms with Gasteiger partial charge in [-0.25, -0.2) is 23.0 Å². The number of nitrogens with zero attached hydrogens (tertiary/aromatic N) is 1. The van der Waals surface area contributed by atoms with Crippen LogP contribution in [0.15, 0.2) is 52.7 Å². The van der Waals surface area contributed by atoms with Crippen molar-refractivity contribution in [2.45, 2.75) is 17.7 Å². The van der Waals surface area contributed by atoms with E-state index in [0.29, 0.717) is 27.3 Å². The summed E-state index contributed by atoms with van der Waals surface area (Å²) < 4.78 is 43.7. The van der Waals surface area contributed by atoms with Crippen LogP contribution in [-0.2, 0) is 21.2 Å². The normalized spacial score (nSPS) is 11.4. The number of carbonyl (C=O) groups excluding carboxylic acids is 1. The maximum absolute atomic E-state index is 14.5. The molecule has 2 aromatic carbocycles. The Labute approximate surface area is 183 Å². The zero-order valence-electron chi connectivity index (χ0n) is 16.8. The first-order valence-corrected chi connectivity index (χ1v) is 11.6. The summed E-state index contributed by atoms with van der Waals surface area (Å²) in [6.45, 7) is 0. The van der Waals surface area contributed by atoms with Gasteiger partial charge in [-0.05, 0) is 35.6 Å². The molecular formula is C21H21FN2O5S2. The zero-order valence-corrected chi connectivity index (χ0v) is 18.5. The molecule has 3 aromatic rings. The molecule has 0 radical (unpaired) electrons. The number of hydrogen-bond acceptors (Lipinski definition) is 6. The van der Waals surface area contributed by atoms with E-state index in [-0.39, 0.29) is 23.5 Å². The summed E-state index contributed by atoms with van der Waals surface area (Å²) in [5.74, 6) is -0.982. The summed E-state index contributed by atoms with van der Waals surface area (Å²) in [4.78, 5) is 12.6. The number of amides is 1. The quantitative estimate of drug-likeness (QED) is 0.410. The number of hydrogen-bond donors (Lipinski definition) is 2. The Morgan fingerprint density at radius 3 is 2.55 bits per heavy atom. The molecule has 0 aliphatic rings. The van der Waals surface area contributed by atoms with Gasteiger partial charge in [0.1, 0.15) is 0 Å². The molecule has 1 amide bonds. The van der Waals surface area contributed by atoms with Crippen LogP contribution in [-0.4, -0.2) is 38.8 Å². The number of halogens is 1. The molecule has 0 unspecified atom stereocenters. The van der Waals surface area contributed by atoms with E-state index in [1.807, 2.05) is 0 Å². The lowest BCUT2D eigenvalue weighted by atomic mass is 9.95. The smallest absolute Gasteiger partial charge is 0.246 e. The standard InChI is InChI=1S/C21H21FN2O5S2/c1-24(26)20(25)10-9-18-21(13-7-8-17(29-2)16(22)11-13)15(12-30-18)14-5-3-4-6-19(14)31(23,27)28/h3-8,11-12,26H,9-10H2,1-2H3,(H2,23,27,28). The number of methoxy groups -OCH3 is 1. The lowest BCUT2D eigenvalue weighted by Gasteiger charge is -2.13. The third-order valence-corrected chi connectivity index (χ3v) is 6.73. The van der Waals surface area contributed by atoms with Crippen LogP contribution in [0.5, 0.6) is 5.75 Å². The maximum atomic E-state index is 14.5. The van der Waals surface area contributed by atoms with Gasteiger partial charge in [-0.15, -0.1) is 11.3 Å². The first-order chi connectivity index (χ1) is 14.6. The van der Waals surface area contributed by atoms with E-state index in [2.05, 4.69) is 0 Å². The Morgan fingerprint density at radius 1 is 1.23 bits per heavy atom. The number of nitrogens with two attached hydrogens (primary N) is 1. The minimum atomic E-state index is -4.01. The lowest BCUT2D eigenvalue weighted by molar-refractivity contribution is -0.159. The van der Waals surface area contributed by atoms with Crippen molar-refractivity contribution in [3.63, 3.8) is 0 Å². The average Bonchev–Trinajstić information content (AvgIpc) is 3.15. The van der Waals surface area contributed by atoms with Crippen molar-refractivity contribution in [2.75, 3.05) is 14.2 Å².